The van der Waals surface area contributed by atoms with E-state index in [1.54, 1.807) is 12.1 Å². The molecule has 24 heavy (non-hydrogen) atoms. The van der Waals surface area contributed by atoms with Crippen LogP contribution >= 0.6 is 0 Å². The van der Waals surface area contributed by atoms with Crippen molar-refractivity contribution in [3.05, 3.63) is 84.4 Å². The van der Waals surface area contributed by atoms with Gasteiger partial charge in [0.25, 0.3) is 0 Å². The van der Waals surface area contributed by atoms with Gasteiger partial charge in [-0.25, -0.2) is 0 Å². The van der Waals surface area contributed by atoms with Gasteiger partial charge in [0.15, 0.2) is 0 Å². The number of anilines is 3. The van der Waals surface area contributed by atoms with Gasteiger partial charge in [-0.05, 0) is 55.5 Å². The quantitative estimate of drug-likeness (QED) is 0.477. The Labute approximate surface area is 142 Å². The number of nitrogens with zero attached hydrogens (tertiary/aromatic N) is 1. The lowest BCUT2D eigenvalue weighted by Crippen LogP contribution is -2.10. The van der Waals surface area contributed by atoms with Gasteiger partial charge >= 0.3 is 5.97 Å². The molecule has 0 aliphatic carbocycles. The van der Waals surface area contributed by atoms with Gasteiger partial charge in [-0.2, -0.15) is 0 Å². The number of para-hydroxylation sites is 1. The van der Waals surface area contributed by atoms with Crippen molar-refractivity contribution in [1.82, 2.24) is 0 Å². The molecule has 3 nitrogen and oxygen atoms in total. The molecular weight excluding hydrogens is 298 g/mol. The minimum Gasteiger partial charge on any atom is -0.427 e. The Morgan fingerprint density at radius 3 is 1.79 bits per heavy atom. The Kier molecular flexibility index (Phi) is 4.62. The molecule has 0 saturated heterocycles. The molecule has 0 aliphatic heterocycles. The maximum atomic E-state index is 11.1. The van der Waals surface area contributed by atoms with Crippen molar-refractivity contribution in [2.45, 2.75) is 13.8 Å². The van der Waals surface area contributed by atoms with E-state index in [-0.39, 0.29) is 5.97 Å². The monoisotopic (exact) mass is 317 g/mol. The highest BCUT2D eigenvalue weighted by molar-refractivity contribution is 5.77. The zero-order chi connectivity index (χ0) is 16.9. The maximum Gasteiger partial charge on any atom is 0.308 e. The van der Waals surface area contributed by atoms with E-state index in [0.29, 0.717) is 5.75 Å². The molecule has 120 valence electrons. The molecule has 0 heterocycles. The van der Waals surface area contributed by atoms with E-state index >= 15 is 0 Å². The summed E-state index contributed by atoms with van der Waals surface area (Å²) in [5.41, 5.74) is 4.37. The number of hydrogen-bond donors (Lipinski definition) is 0. The van der Waals surface area contributed by atoms with Gasteiger partial charge in [-0.1, -0.05) is 35.9 Å². The van der Waals surface area contributed by atoms with E-state index in [1.807, 2.05) is 30.3 Å². The summed E-state index contributed by atoms with van der Waals surface area (Å²) in [6.07, 6.45) is 0. The fourth-order valence-electron chi connectivity index (χ4n) is 2.55. The van der Waals surface area contributed by atoms with Gasteiger partial charge in [0, 0.05) is 24.0 Å². The number of carbonyl (C=O) groups is 1. The number of ether oxygens (including phenoxy) is 1. The Morgan fingerprint density at radius 1 is 0.750 bits per heavy atom. The molecule has 0 radical (unpaired) electrons. The van der Waals surface area contributed by atoms with E-state index in [1.165, 1.54) is 12.5 Å². The second-order valence-electron chi connectivity index (χ2n) is 5.59. The lowest BCUT2D eigenvalue weighted by molar-refractivity contribution is -0.131. The normalized spacial score (nSPS) is 10.2. The Balaban J connectivity index is 2.01. The summed E-state index contributed by atoms with van der Waals surface area (Å²) in [7, 11) is 0. The van der Waals surface area contributed by atoms with Crippen molar-refractivity contribution >= 4 is 23.0 Å². The predicted molar refractivity (Wildman–Crippen MR) is 97.2 cm³/mol. The zero-order valence-corrected chi connectivity index (χ0v) is 13.8. The Hall–Kier alpha value is -3.07. The van der Waals surface area contributed by atoms with Gasteiger partial charge in [0.1, 0.15) is 5.75 Å². The molecule has 0 spiro atoms. The summed E-state index contributed by atoms with van der Waals surface area (Å²) in [6.45, 7) is 3.47. The highest BCUT2D eigenvalue weighted by atomic mass is 16.5. The summed E-state index contributed by atoms with van der Waals surface area (Å²) in [6, 6.07) is 26.1. The lowest BCUT2D eigenvalue weighted by Gasteiger charge is -2.25. The van der Waals surface area contributed by atoms with E-state index in [2.05, 4.69) is 48.2 Å². The standard InChI is InChI=1S/C21H19NO2/c1-16-8-10-19(11-9-16)22(18-6-4-3-5-7-18)20-12-14-21(15-13-20)24-17(2)23/h3-15H,1-2H3. The van der Waals surface area contributed by atoms with Crippen LogP contribution in [0.25, 0.3) is 0 Å². The highest BCUT2D eigenvalue weighted by Gasteiger charge is 2.12. The average Bonchev–Trinajstić information content (AvgIpc) is 2.59. The largest absolute Gasteiger partial charge is 0.427 e. The van der Waals surface area contributed by atoms with Crippen LogP contribution in [0.1, 0.15) is 12.5 Å². The third-order valence-electron chi connectivity index (χ3n) is 3.66. The highest BCUT2D eigenvalue weighted by Crippen LogP contribution is 2.35. The Morgan fingerprint density at radius 2 is 1.25 bits per heavy atom. The number of carbonyl (C=O) groups excluding carboxylic acids is 1. The molecular formula is C21H19NO2. The van der Waals surface area contributed by atoms with Crippen molar-refractivity contribution in [2.75, 3.05) is 4.90 Å². The van der Waals surface area contributed by atoms with Crippen LogP contribution in [0.15, 0.2) is 78.9 Å². The van der Waals surface area contributed by atoms with E-state index in [9.17, 15) is 4.79 Å². The van der Waals surface area contributed by atoms with E-state index in [0.717, 1.165) is 17.1 Å². The average molecular weight is 317 g/mol. The first kappa shape index (κ1) is 15.8. The first-order valence-corrected chi connectivity index (χ1v) is 7.84. The summed E-state index contributed by atoms with van der Waals surface area (Å²) in [5, 5.41) is 0. The van der Waals surface area contributed by atoms with Crippen LogP contribution < -0.4 is 9.64 Å². The van der Waals surface area contributed by atoms with Crippen LogP contribution in [0.3, 0.4) is 0 Å². The van der Waals surface area contributed by atoms with E-state index in [4.69, 9.17) is 4.74 Å². The number of hydrogen-bond acceptors (Lipinski definition) is 3. The molecule has 0 saturated carbocycles. The van der Waals surface area contributed by atoms with Crippen LogP contribution in [-0.4, -0.2) is 5.97 Å². The maximum absolute atomic E-state index is 11.1. The second kappa shape index (κ2) is 7.01. The SMILES string of the molecule is CC(=O)Oc1ccc(N(c2ccccc2)c2ccc(C)cc2)cc1. The molecule has 0 unspecified atom stereocenters. The van der Waals surface area contributed by atoms with Gasteiger partial charge in [0.05, 0.1) is 0 Å². The topological polar surface area (TPSA) is 29.5 Å². The van der Waals surface area contributed by atoms with Crippen LogP contribution in [0.4, 0.5) is 17.1 Å². The van der Waals surface area contributed by atoms with Gasteiger partial charge in [-0.3, -0.25) is 4.79 Å². The predicted octanol–water partition coefficient (Wildman–Crippen LogP) is 5.39. The van der Waals surface area contributed by atoms with Crippen LogP contribution in [0.5, 0.6) is 5.75 Å². The minimum absolute atomic E-state index is 0.318. The fourth-order valence-corrected chi connectivity index (χ4v) is 2.55. The lowest BCUT2D eigenvalue weighted by atomic mass is 10.1. The minimum atomic E-state index is -0.318. The fraction of sp³-hybridized carbons (Fsp3) is 0.0952. The molecule has 0 bridgehead atoms. The van der Waals surface area contributed by atoms with Crippen molar-refractivity contribution in [3.63, 3.8) is 0 Å². The van der Waals surface area contributed by atoms with Crippen LogP contribution in [0.2, 0.25) is 0 Å². The molecule has 0 aromatic heterocycles. The van der Waals surface area contributed by atoms with Crippen molar-refractivity contribution in [1.29, 1.82) is 0 Å². The first-order chi connectivity index (χ1) is 11.6. The number of rotatable bonds is 4. The van der Waals surface area contributed by atoms with Gasteiger partial charge in [0.2, 0.25) is 0 Å². The molecule has 0 fully saturated rings. The molecule has 3 rings (SSSR count). The Bertz CT molecular complexity index is 809. The molecule has 0 N–H and O–H groups in total. The molecule has 0 atom stereocenters. The molecule has 3 heteroatoms. The molecule has 3 aromatic carbocycles. The zero-order valence-electron chi connectivity index (χ0n) is 13.8. The van der Waals surface area contributed by atoms with Gasteiger partial charge < -0.3 is 9.64 Å². The summed E-state index contributed by atoms with van der Waals surface area (Å²) in [4.78, 5) is 13.2. The third kappa shape index (κ3) is 3.63. The molecule has 0 aliphatic rings. The second-order valence-corrected chi connectivity index (χ2v) is 5.59. The van der Waals surface area contributed by atoms with Crippen LogP contribution in [0, 0.1) is 6.92 Å². The van der Waals surface area contributed by atoms with Gasteiger partial charge in [-0.15, -0.1) is 0 Å². The van der Waals surface area contributed by atoms with E-state index < -0.39 is 0 Å². The number of benzene rings is 3. The van der Waals surface area contributed by atoms with Crippen molar-refractivity contribution < 1.29 is 9.53 Å². The first-order valence-electron chi connectivity index (χ1n) is 7.84. The molecule has 0 amide bonds. The molecule has 3 aromatic rings. The summed E-state index contributed by atoms with van der Waals surface area (Å²) in [5.74, 6) is 0.226. The number of aryl methyl sites for hydroxylation is 1. The third-order valence-corrected chi connectivity index (χ3v) is 3.66. The summed E-state index contributed by atoms with van der Waals surface area (Å²) < 4.78 is 5.12. The number of esters is 1. The van der Waals surface area contributed by atoms with Crippen LogP contribution in [-0.2, 0) is 4.79 Å². The smallest absolute Gasteiger partial charge is 0.308 e. The van der Waals surface area contributed by atoms with Crippen molar-refractivity contribution in [3.8, 4) is 5.75 Å². The summed E-state index contributed by atoms with van der Waals surface area (Å²) >= 11 is 0. The van der Waals surface area contributed by atoms with Crippen molar-refractivity contribution in [2.24, 2.45) is 0 Å².